The second-order valence-electron chi connectivity index (χ2n) is 7.30. The van der Waals surface area contributed by atoms with Gasteiger partial charge in [-0.25, -0.2) is 9.18 Å². The number of allylic oxidation sites excluding steroid dienone is 3. The fourth-order valence-corrected chi connectivity index (χ4v) is 5.06. The molecule has 4 rings (SSSR count). The van der Waals surface area contributed by atoms with Gasteiger partial charge in [0.15, 0.2) is 5.78 Å². The highest BCUT2D eigenvalue weighted by Gasteiger charge is 2.41. The Morgan fingerprint density at radius 1 is 1.24 bits per heavy atom. The first-order valence-electron chi connectivity index (χ1n) is 9.69. The smallest absolute Gasteiger partial charge is 0.336 e. The normalized spacial score (nSPS) is 21.7. The molecule has 0 saturated carbocycles. The zero-order valence-electron chi connectivity index (χ0n) is 16.3. The lowest BCUT2D eigenvalue weighted by molar-refractivity contribution is -0.138. The summed E-state index contributed by atoms with van der Waals surface area (Å²) in [5.74, 6) is -1.22. The molecule has 1 N–H and O–H groups in total. The zero-order chi connectivity index (χ0) is 20.5. The Morgan fingerprint density at radius 3 is 2.66 bits per heavy atom. The first kappa shape index (κ1) is 19.6. The van der Waals surface area contributed by atoms with E-state index in [0.29, 0.717) is 35.2 Å². The summed E-state index contributed by atoms with van der Waals surface area (Å²) in [4.78, 5) is 27.2. The predicted molar refractivity (Wildman–Crippen MR) is 110 cm³/mol. The third-order valence-corrected chi connectivity index (χ3v) is 6.51. The number of thiophene rings is 1. The topological polar surface area (TPSA) is 55.4 Å². The number of ether oxygens (including phenoxy) is 1. The van der Waals surface area contributed by atoms with E-state index in [1.54, 1.807) is 30.4 Å². The largest absolute Gasteiger partial charge is 0.463 e. The van der Waals surface area contributed by atoms with Crippen molar-refractivity contribution < 1.29 is 18.7 Å². The average Bonchev–Trinajstić information content (AvgIpc) is 3.22. The molecule has 4 nitrogen and oxygen atoms in total. The van der Waals surface area contributed by atoms with Gasteiger partial charge in [-0.1, -0.05) is 18.2 Å². The lowest BCUT2D eigenvalue weighted by atomic mass is 9.72. The molecule has 0 bridgehead atoms. The Hall–Kier alpha value is -2.73. The Labute approximate surface area is 173 Å². The van der Waals surface area contributed by atoms with Crippen LogP contribution in [0.1, 0.15) is 49.0 Å². The molecule has 1 aliphatic carbocycles. The molecule has 0 spiro atoms. The zero-order valence-corrected chi connectivity index (χ0v) is 17.1. The fraction of sp³-hybridized carbons (Fsp3) is 0.304. The molecule has 6 heteroatoms. The van der Waals surface area contributed by atoms with E-state index < -0.39 is 11.9 Å². The molecule has 2 unspecified atom stereocenters. The molecular formula is C23H22FNO3S. The van der Waals surface area contributed by atoms with Crippen molar-refractivity contribution in [2.45, 2.75) is 38.5 Å². The van der Waals surface area contributed by atoms with E-state index in [2.05, 4.69) is 11.4 Å². The minimum Gasteiger partial charge on any atom is -0.463 e. The van der Waals surface area contributed by atoms with Crippen LogP contribution in [0, 0.1) is 5.82 Å². The molecule has 2 aromatic rings. The molecule has 0 fully saturated rings. The number of hydrogen-bond acceptors (Lipinski definition) is 5. The maximum atomic E-state index is 13.5. The summed E-state index contributed by atoms with van der Waals surface area (Å²) in [5.41, 5.74) is 3.25. The van der Waals surface area contributed by atoms with E-state index >= 15 is 0 Å². The van der Waals surface area contributed by atoms with Crippen molar-refractivity contribution >= 4 is 23.1 Å². The number of hydrogen-bond donors (Lipinski definition) is 1. The van der Waals surface area contributed by atoms with Crippen molar-refractivity contribution in [1.29, 1.82) is 0 Å². The molecule has 1 aromatic carbocycles. The molecule has 2 aliphatic rings. The Kier molecular flexibility index (Phi) is 5.37. The molecule has 0 radical (unpaired) electrons. The summed E-state index contributed by atoms with van der Waals surface area (Å²) in [6.07, 6.45) is 1.10. The number of nitrogens with one attached hydrogen (secondary N) is 1. The van der Waals surface area contributed by atoms with Gasteiger partial charge >= 0.3 is 5.97 Å². The van der Waals surface area contributed by atoms with Crippen molar-refractivity contribution in [2.75, 3.05) is 6.61 Å². The number of carbonyl (C=O) groups excluding carboxylic acids is 2. The molecule has 2 heterocycles. The van der Waals surface area contributed by atoms with Crippen molar-refractivity contribution in [2.24, 2.45) is 0 Å². The van der Waals surface area contributed by atoms with Crippen LogP contribution in [-0.2, 0) is 14.3 Å². The van der Waals surface area contributed by atoms with Gasteiger partial charge in [0.2, 0.25) is 0 Å². The van der Waals surface area contributed by atoms with Crippen molar-refractivity contribution in [3.63, 3.8) is 0 Å². The minimum atomic E-state index is -0.553. The number of rotatable bonds is 4. The van der Waals surface area contributed by atoms with E-state index in [4.69, 9.17) is 4.74 Å². The van der Waals surface area contributed by atoms with Crippen LogP contribution in [0.3, 0.4) is 0 Å². The van der Waals surface area contributed by atoms with Crippen LogP contribution in [0.25, 0.3) is 0 Å². The van der Waals surface area contributed by atoms with Gasteiger partial charge in [-0.15, -0.1) is 11.3 Å². The quantitative estimate of drug-likeness (QED) is 0.734. The molecule has 150 valence electrons. The summed E-state index contributed by atoms with van der Waals surface area (Å²) in [6.45, 7) is 3.82. The number of carbonyl (C=O) groups is 2. The molecule has 1 aromatic heterocycles. The number of esters is 1. The summed E-state index contributed by atoms with van der Waals surface area (Å²) in [6, 6.07) is 10.0. The molecule has 0 saturated heterocycles. The molecular weight excluding hydrogens is 389 g/mol. The number of Topliss-reactive ketones (excluding diaryl/α,β-unsaturated/α-hetero) is 1. The van der Waals surface area contributed by atoms with Gasteiger partial charge in [0.1, 0.15) is 5.82 Å². The van der Waals surface area contributed by atoms with E-state index in [-0.39, 0.29) is 24.1 Å². The van der Waals surface area contributed by atoms with Gasteiger partial charge in [0.05, 0.1) is 12.2 Å². The highest BCUT2D eigenvalue weighted by Crippen LogP contribution is 2.46. The third-order valence-electron chi connectivity index (χ3n) is 5.47. The number of dihydropyridines is 1. The van der Waals surface area contributed by atoms with Crippen LogP contribution in [-0.4, -0.2) is 18.4 Å². The number of benzene rings is 1. The van der Waals surface area contributed by atoms with E-state index in [0.717, 1.165) is 5.70 Å². The van der Waals surface area contributed by atoms with Crippen LogP contribution in [0.2, 0.25) is 0 Å². The van der Waals surface area contributed by atoms with Gasteiger partial charge in [-0.3, -0.25) is 4.79 Å². The number of halogens is 1. The predicted octanol–water partition coefficient (Wildman–Crippen LogP) is 4.81. The monoisotopic (exact) mass is 411 g/mol. The second kappa shape index (κ2) is 7.95. The Morgan fingerprint density at radius 2 is 2.00 bits per heavy atom. The fourth-order valence-electron chi connectivity index (χ4n) is 4.23. The maximum Gasteiger partial charge on any atom is 0.336 e. The van der Waals surface area contributed by atoms with Crippen LogP contribution in [0.15, 0.2) is 64.3 Å². The van der Waals surface area contributed by atoms with E-state index in [9.17, 15) is 14.0 Å². The van der Waals surface area contributed by atoms with E-state index in [1.165, 1.54) is 17.0 Å². The summed E-state index contributed by atoms with van der Waals surface area (Å²) in [7, 11) is 0. The lowest BCUT2D eigenvalue weighted by Gasteiger charge is -2.36. The van der Waals surface area contributed by atoms with Crippen molar-refractivity contribution in [3.8, 4) is 0 Å². The van der Waals surface area contributed by atoms with Crippen molar-refractivity contribution in [1.82, 2.24) is 5.32 Å². The van der Waals surface area contributed by atoms with Crippen LogP contribution in [0.5, 0.6) is 0 Å². The first-order valence-corrected chi connectivity index (χ1v) is 10.6. The summed E-state index contributed by atoms with van der Waals surface area (Å²) in [5, 5.41) is 5.33. The SMILES string of the molecule is CCOC(=O)C1=C(C)NC2=C(C(=O)CC(c3cccs3)C2)C1c1ccc(F)cc1. The first-order chi connectivity index (χ1) is 14.0. The highest BCUT2D eigenvalue weighted by atomic mass is 32.1. The Bertz CT molecular complexity index is 1010. The second-order valence-corrected chi connectivity index (χ2v) is 8.28. The van der Waals surface area contributed by atoms with Crippen LogP contribution >= 0.6 is 11.3 Å². The van der Waals surface area contributed by atoms with Gasteiger partial charge in [-0.05, 0) is 49.4 Å². The van der Waals surface area contributed by atoms with Gasteiger partial charge in [-0.2, -0.15) is 0 Å². The highest BCUT2D eigenvalue weighted by molar-refractivity contribution is 7.10. The average molecular weight is 411 g/mol. The molecule has 2 atom stereocenters. The number of ketones is 1. The Balaban J connectivity index is 1.81. The van der Waals surface area contributed by atoms with Crippen LogP contribution in [0.4, 0.5) is 4.39 Å². The van der Waals surface area contributed by atoms with Crippen molar-refractivity contribution in [3.05, 3.63) is 80.6 Å². The summed E-state index contributed by atoms with van der Waals surface area (Å²) < 4.78 is 18.8. The molecule has 0 amide bonds. The van der Waals surface area contributed by atoms with Gasteiger partial charge in [0.25, 0.3) is 0 Å². The summed E-state index contributed by atoms with van der Waals surface area (Å²) >= 11 is 1.65. The third kappa shape index (κ3) is 3.65. The van der Waals surface area contributed by atoms with Gasteiger partial charge < -0.3 is 10.1 Å². The minimum absolute atomic E-state index is 0.0146. The lowest BCUT2D eigenvalue weighted by Crippen LogP contribution is -2.36. The maximum absolute atomic E-state index is 13.5. The molecule has 29 heavy (non-hydrogen) atoms. The van der Waals surface area contributed by atoms with E-state index in [1.807, 2.05) is 18.4 Å². The van der Waals surface area contributed by atoms with Gasteiger partial charge in [0, 0.05) is 40.1 Å². The van der Waals surface area contributed by atoms with Crippen LogP contribution < -0.4 is 5.32 Å². The standard InChI is InChI=1S/C23H22FNO3S/c1-3-28-23(27)20-13(2)25-17-11-15(19-5-4-10-29-19)12-18(26)22(17)21(20)14-6-8-16(24)9-7-14/h4-10,15,21,25H,3,11-12H2,1-2H3. The molecule has 1 aliphatic heterocycles.